The Morgan fingerprint density at radius 1 is 0.938 bits per heavy atom. The molecule has 0 aliphatic carbocycles. The van der Waals surface area contributed by atoms with Crippen LogP contribution >= 0.6 is 0 Å². The summed E-state index contributed by atoms with van der Waals surface area (Å²) in [7, 11) is 1.60. The fourth-order valence-corrected chi connectivity index (χ4v) is 3.10. The number of pyridine rings is 1. The van der Waals surface area contributed by atoms with Crippen LogP contribution in [0.1, 0.15) is 17.0 Å². The van der Waals surface area contributed by atoms with Crippen LogP contribution in [-0.2, 0) is 24.1 Å². The summed E-state index contributed by atoms with van der Waals surface area (Å²) < 4.78 is 45.9. The van der Waals surface area contributed by atoms with Crippen LogP contribution in [0.25, 0.3) is 22.6 Å². The lowest BCUT2D eigenvalue weighted by Gasteiger charge is -2.09. The van der Waals surface area contributed by atoms with E-state index in [0.717, 1.165) is 23.5 Å². The molecule has 8 nitrogen and oxygen atoms in total. The topological polar surface area (TPSA) is 105 Å². The van der Waals surface area contributed by atoms with Gasteiger partial charge in [-0.1, -0.05) is 23.4 Å². The van der Waals surface area contributed by atoms with Gasteiger partial charge < -0.3 is 10.5 Å². The maximum absolute atomic E-state index is 13.1. The Morgan fingerprint density at radius 2 is 1.69 bits per heavy atom. The molecule has 0 aliphatic rings. The van der Waals surface area contributed by atoms with Crippen molar-refractivity contribution >= 4 is 5.95 Å². The van der Waals surface area contributed by atoms with Crippen LogP contribution in [-0.4, -0.2) is 37.1 Å². The molecule has 4 aromatic rings. The summed E-state index contributed by atoms with van der Waals surface area (Å²) in [5.41, 5.74) is 7.86. The lowest BCUT2D eigenvalue weighted by Crippen LogP contribution is -2.05. The van der Waals surface area contributed by atoms with E-state index in [0.29, 0.717) is 24.5 Å². The molecule has 32 heavy (non-hydrogen) atoms. The number of benzene rings is 1. The van der Waals surface area contributed by atoms with Gasteiger partial charge in [-0.3, -0.25) is 4.98 Å². The van der Waals surface area contributed by atoms with Crippen LogP contribution in [0.5, 0.6) is 0 Å². The Labute approximate surface area is 180 Å². The Hall–Kier alpha value is -3.86. The summed E-state index contributed by atoms with van der Waals surface area (Å²) in [5.74, 6) is -0.0848. The van der Waals surface area contributed by atoms with Gasteiger partial charge in [0, 0.05) is 12.7 Å². The number of ether oxygens (including phenoxy) is 1. The first kappa shape index (κ1) is 21.4. The monoisotopic (exact) mass is 441 g/mol. The molecule has 4 rings (SSSR count). The van der Waals surface area contributed by atoms with Gasteiger partial charge in [0.1, 0.15) is 5.69 Å². The predicted molar refractivity (Wildman–Crippen MR) is 110 cm³/mol. The highest BCUT2D eigenvalue weighted by Gasteiger charge is 2.30. The molecular weight excluding hydrogens is 423 g/mol. The van der Waals surface area contributed by atoms with Gasteiger partial charge in [0.15, 0.2) is 0 Å². The Kier molecular flexibility index (Phi) is 5.82. The molecule has 0 unspecified atom stereocenters. The molecule has 1 aromatic carbocycles. The van der Waals surface area contributed by atoms with Crippen molar-refractivity contribution in [3.05, 3.63) is 71.7 Å². The first-order valence-electron chi connectivity index (χ1n) is 9.48. The average molecular weight is 441 g/mol. The number of hydrogen-bond donors (Lipinski definition) is 1. The number of alkyl halides is 3. The van der Waals surface area contributed by atoms with Gasteiger partial charge >= 0.3 is 6.18 Å². The lowest BCUT2D eigenvalue weighted by atomic mass is 10.1. The largest absolute Gasteiger partial charge is 0.416 e. The maximum atomic E-state index is 13.1. The van der Waals surface area contributed by atoms with E-state index in [1.165, 1.54) is 18.2 Å². The minimum atomic E-state index is -4.46. The van der Waals surface area contributed by atoms with Crippen molar-refractivity contribution in [2.45, 2.75) is 19.3 Å². The SMILES string of the molecule is COCc1cccc(Cn2cc(-c3cc(-c4cccc(C(F)(F)F)c4)nc(N)n3)nn2)n1. The molecule has 0 bridgehead atoms. The maximum Gasteiger partial charge on any atom is 0.416 e. The van der Waals surface area contributed by atoms with Crippen molar-refractivity contribution in [2.24, 2.45) is 0 Å². The van der Waals surface area contributed by atoms with Crippen molar-refractivity contribution in [1.82, 2.24) is 29.9 Å². The molecule has 0 spiro atoms. The summed E-state index contributed by atoms with van der Waals surface area (Å²) in [6.07, 6.45) is -2.81. The number of rotatable bonds is 6. The summed E-state index contributed by atoms with van der Waals surface area (Å²) >= 11 is 0. The number of nitrogens with two attached hydrogens (primary N) is 1. The van der Waals surface area contributed by atoms with Gasteiger partial charge in [0.2, 0.25) is 5.95 Å². The highest BCUT2D eigenvalue weighted by atomic mass is 19.4. The van der Waals surface area contributed by atoms with E-state index in [2.05, 4.69) is 25.3 Å². The molecule has 164 valence electrons. The third-order valence-corrected chi connectivity index (χ3v) is 4.51. The molecule has 0 amide bonds. The van der Waals surface area contributed by atoms with E-state index >= 15 is 0 Å². The summed E-state index contributed by atoms with van der Waals surface area (Å²) in [6.45, 7) is 0.764. The van der Waals surface area contributed by atoms with Gasteiger partial charge in [0.25, 0.3) is 0 Å². The van der Waals surface area contributed by atoms with E-state index in [4.69, 9.17) is 10.5 Å². The Balaban J connectivity index is 1.61. The molecule has 0 radical (unpaired) electrons. The molecule has 0 saturated heterocycles. The smallest absolute Gasteiger partial charge is 0.378 e. The quantitative estimate of drug-likeness (QED) is 0.488. The minimum absolute atomic E-state index is 0.0848. The number of methoxy groups -OCH3 is 1. The van der Waals surface area contributed by atoms with Gasteiger partial charge in [-0.05, 0) is 30.3 Å². The van der Waals surface area contributed by atoms with Crippen LogP contribution < -0.4 is 5.73 Å². The second kappa shape index (κ2) is 8.71. The molecule has 3 heterocycles. The van der Waals surface area contributed by atoms with E-state index in [1.54, 1.807) is 18.0 Å². The zero-order valence-electron chi connectivity index (χ0n) is 16.9. The van der Waals surface area contributed by atoms with E-state index < -0.39 is 11.7 Å². The molecule has 0 fully saturated rings. The molecule has 3 aromatic heterocycles. The number of nitrogens with zero attached hydrogens (tertiary/aromatic N) is 6. The first-order chi connectivity index (χ1) is 15.3. The predicted octanol–water partition coefficient (Wildman–Crippen LogP) is 3.59. The van der Waals surface area contributed by atoms with Crippen LogP contribution in [0.15, 0.2) is 54.7 Å². The molecular formula is C21H18F3N7O. The third kappa shape index (κ3) is 4.89. The molecule has 11 heteroatoms. The van der Waals surface area contributed by atoms with Crippen molar-refractivity contribution in [1.29, 1.82) is 0 Å². The number of halogens is 3. The zero-order valence-corrected chi connectivity index (χ0v) is 16.9. The van der Waals surface area contributed by atoms with Gasteiger partial charge in [-0.15, -0.1) is 5.10 Å². The molecule has 0 aliphatic heterocycles. The van der Waals surface area contributed by atoms with E-state index in [-0.39, 0.29) is 17.2 Å². The van der Waals surface area contributed by atoms with Crippen LogP contribution in [0.4, 0.5) is 19.1 Å². The average Bonchev–Trinajstić information content (AvgIpc) is 3.22. The molecule has 0 atom stereocenters. The summed E-state index contributed by atoms with van der Waals surface area (Å²) in [5, 5.41) is 8.20. The van der Waals surface area contributed by atoms with Crippen LogP contribution in [0.3, 0.4) is 0 Å². The summed E-state index contributed by atoms with van der Waals surface area (Å²) in [6, 6.07) is 12.0. The fraction of sp³-hybridized carbons (Fsp3) is 0.190. The molecule has 0 saturated carbocycles. The highest BCUT2D eigenvalue weighted by molar-refractivity contribution is 5.67. The van der Waals surface area contributed by atoms with Gasteiger partial charge in [-0.2, -0.15) is 13.2 Å². The van der Waals surface area contributed by atoms with E-state index in [1.807, 2.05) is 18.2 Å². The number of nitrogen functional groups attached to an aromatic ring is 1. The fourth-order valence-electron chi connectivity index (χ4n) is 3.10. The van der Waals surface area contributed by atoms with Gasteiger partial charge in [0.05, 0.1) is 47.7 Å². The van der Waals surface area contributed by atoms with Gasteiger partial charge in [-0.25, -0.2) is 14.6 Å². The molecule has 2 N–H and O–H groups in total. The lowest BCUT2D eigenvalue weighted by molar-refractivity contribution is -0.137. The Bertz CT molecular complexity index is 1240. The van der Waals surface area contributed by atoms with Crippen molar-refractivity contribution < 1.29 is 17.9 Å². The third-order valence-electron chi connectivity index (χ3n) is 4.51. The normalized spacial score (nSPS) is 11.6. The van der Waals surface area contributed by atoms with Crippen molar-refractivity contribution in [3.8, 4) is 22.6 Å². The van der Waals surface area contributed by atoms with E-state index in [9.17, 15) is 13.2 Å². The first-order valence-corrected chi connectivity index (χ1v) is 9.48. The van der Waals surface area contributed by atoms with Crippen molar-refractivity contribution in [2.75, 3.05) is 12.8 Å². The number of anilines is 1. The second-order valence-corrected chi connectivity index (χ2v) is 6.93. The summed E-state index contributed by atoms with van der Waals surface area (Å²) in [4.78, 5) is 12.7. The highest BCUT2D eigenvalue weighted by Crippen LogP contribution is 2.32. The second-order valence-electron chi connectivity index (χ2n) is 6.93. The zero-order chi connectivity index (χ0) is 22.7. The Morgan fingerprint density at radius 3 is 2.47 bits per heavy atom. The minimum Gasteiger partial charge on any atom is -0.378 e. The standard InChI is InChI=1S/C21H18F3N7O/c1-32-12-16-7-3-6-15(26-16)10-31-11-19(29-30-31)18-9-17(27-20(25)28-18)13-4-2-5-14(8-13)21(22,23)24/h2-9,11H,10,12H2,1H3,(H2,25,27,28). The van der Waals surface area contributed by atoms with Crippen LogP contribution in [0, 0.1) is 0 Å². The van der Waals surface area contributed by atoms with Crippen LogP contribution in [0.2, 0.25) is 0 Å². The number of hydrogen-bond acceptors (Lipinski definition) is 7. The number of aromatic nitrogens is 6. The van der Waals surface area contributed by atoms with Crippen molar-refractivity contribution in [3.63, 3.8) is 0 Å².